The summed E-state index contributed by atoms with van der Waals surface area (Å²) in [4.78, 5) is 15.2. The van der Waals surface area contributed by atoms with Crippen molar-refractivity contribution in [1.82, 2.24) is 15.0 Å². The minimum atomic E-state index is 0.719. The molecule has 238 valence electrons. The fraction of sp³-hybridized carbons (Fsp3) is 0. The molecule has 10 rings (SSSR count). The maximum Gasteiger partial charge on any atom is 0.160 e. The Balaban J connectivity index is 1.12. The standard InChI is InChI=1S/C47H29N3S/c1-4-13-31(14-5-1)40-29-41(50-47(49-40)34-17-8-3-9-18-34)32-25-23-30(24-26-32)35-20-12-21-38-44-42(51-46(35)38)28-27-37-43(44)36-19-10-11-22-39(36)48-45(37)33-15-6-2-7-16-33/h1-29H. The van der Waals surface area contributed by atoms with Crippen molar-refractivity contribution in [1.29, 1.82) is 0 Å². The maximum absolute atomic E-state index is 5.18. The van der Waals surface area contributed by atoms with Gasteiger partial charge in [0.2, 0.25) is 0 Å². The molecule has 0 aliphatic rings. The molecule has 3 nitrogen and oxygen atoms in total. The van der Waals surface area contributed by atoms with Gasteiger partial charge in [-0.05, 0) is 29.3 Å². The number of benzene rings is 7. The second kappa shape index (κ2) is 12.1. The number of thiophene rings is 1. The minimum absolute atomic E-state index is 0.719. The van der Waals surface area contributed by atoms with Gasteiger partial charge in [0.05, 0.1) is 22.6 Å². The van der Waals surface area contributed by atoms with Gasteiger partial charge < -0.3 is 0 Å². The number of pyridine rings is 1. The molecule has 0 saturated heterocycles. The smallest absolute Gasteiger partial charge is 0.160 e. The molecule has 7 aromatic carbocycles. The first-order valence-corrected chi connectivity index (χ1v) is 17.9. The lowest BCUT2D eigenvalue weighted by Gasteiger charge is -2.12. The van der Waals surface area contributed by atoms with Crippen LogP contribution in [0, 0.1) is 0 Å². The summed E-state index contributed by atoms with van der Waals surface area (Å²) >= 11 is 1.87. The van der Waals surface area contributed by atoms with E-state index in [4.69, 9.17) is 15.0 Å². The Bertz CT molecular complexity index is 2820. The quantitative estimate of drug-likeness (QED) is 0.171. The van der Waals surface area contributed by atoms with Crippen molar-refractivity contribution in [3.63, 3.8) is 0 Å². The maximum atomic E-state index is 5.18. The fourth-order valence-electron chi connectivity index (χ4n) is 7.26. The SMILES string of the molecule is c1ccc(-c2cc(-c3ccc(-c4cccc5c4sc4ccc6c(-c7ccccc7)nc7ccccc7c6c45)cc3)nc(-c3ccccc3)n2)cc1. The molecule has 0 aliphatic heterocycles. The number of hydrogen-bond acceptors (Lipinski definition) is 4. The van der Waals surface area contributed by atoms with Gasteiger partial charge in [0, 0.05) is 58.6 Å². The number of para-hydroxylation sites is 1. The van der Waals surface area contributed by atoms with Crippen LogP contribution in [-0.2, 0) is 0 Å². The van der Waals surface area contributed by atoms with Gasteiger partial charge in [-0.25, -0.2) is 15.0 Å². The number of fused-ring (bicyclic) bond motifs is 7. The number of nitrogens with zero attached hydrogens (tertiary/aromatic N) is 3. The van der Waals surface area contributed by atoms with Crippen molar-refractivity contribution < 1.29 is 0 Å². The highest BCUT2D eigenvalue weighted by atomic mass is 32.1. The van der Waals surface area contributed by atoms with Crippen LogP contribution in [0.4, 0.5) is 0 Å². The molecule has 0 fully saturated rings. The lowest BCUT2D eigenvalue weighted by Crippen LogP contribution is -1.95. The predicted octanol–water partition coefficient (Wildman–Crippen LogP) is 12.9. The van der Waals surface area contributed by atoms with Crippen LogP contribution in [0.3, 0.4) is 0 Å². The minimum Gasteiger partial charge on any atom is -0.247 e. The molecule has 0 atom stereocenters. The van der Waals surface area contributed by atoms with Crippen LogP contribution in [0.1, 0.15) is 0 Å². The summed E-state index contributed by atoms with van der Waals surface area (Å²) in [7, 11) is 0. The van der Waals surface area contributed by atoms with E-state index in [1.54, 1.807) is 0 Å². The van der Waals surface area contributed by atoms with E-state index in [0.29, 0.717) is 0 Å². The van der Waals surface area contributed by atoms with E-state index < -0.39 is 0 Å². The van der Waals surface area contributed by atoms with Gasteiger partial charge in [-0.2, -0.15) is 0 Å². The van der Waals surface area contributed by atoms with Crippen molar-refractivity contribution in [2.24, 2.45) is 0 Å². The molecule has 0 N–H and O–H groups in total. The van der Waals surface area contributed by atoms with Crippen molar-refractivity contribution in [3.8, 4) is 56.3 Å². The van der Waals surface area contributed by atoms with Gasteiger partial charge in [0.15, 0.2) is 5.82 Å². The van der Waals surface area contributed by atoms with Gasteiger partial charge in [0.25, 0.3) is 0 Å². The molecule has 0 amide bonds. The highest BCUT2D eigenvalue weighted by Gasteiger charge is 2.18. The van der Waals surface area contributed by atoms with Crippen LogP contribution in [-0.4, -0.2) is 15.0 Å². The normalized spacial score (nSPS) is 11.5. The van der Waals surface area contributed by atoms with E-state index >= 15 is 0 Å². The molecule has 51 heavy (non-hydrogen) atoms. The third-order valence-electron chi connectivity index (χ3n) is 9.69. The Kier molecular flexibility index (Phi) is 7.00. The number of aromatic nitrogens is 3. The summed E-state index contributed by atoms with van der Waals surface area (Å²) in [6, 6.07) is 61.8. The lowest BCUT2D eigenvalue weighted by atomic mass is 9.95. The Morgan fingerprint density at radius 1 is 0.373 bits per heavy atom. The molecule has 0 aliphatic carbocycles. The Labute approximate surface area is 299 Å². The van der Waals surface area contributed by atoms with Crippen LogP contribution < -0.4 is 0 Å². The number of rotatable bonds is 5. The average molecular weight is 668 g/mol. The van der Waals surface area contributed by atoms with Crippen LogP contribution in [0.5, 0.6) is 0 Å². The first-order valence-electron chi connectivity index (χ1n) is 17.1. The lowest BCUT2D eigenvalue weighted by molar-refractivity contribution is 1.18. The summed E-state index contributed by atoms with van der Waals surface area (Å²) in [5.41, 5.74) is 10.5. The molecule has 3 heterocycles. The zero-order valence-electron chi connectivity index (χ0n) is 27.5. The Morgan fingerprint density at radius 3 is 1.69 bits per heavy atom. The monoisotopic (exact) mass is 667 g/mol. The van der Waals surface area contributed by atoms with Crippen LogP contribution in [0.15, 0.2) is 176 Å². The summed E-state index contributed by atoms with van der Waals surface area (Å²) in [6.07, 6.45) is 0. The second-order valence-corrected chi connectivity index (χ2v) is 13.8. The Hall–Kier alpha value is -6.49. The third kappa shape index (κ3) is 5.08. The molecular weight excluding hydrogens is 639 g/mol. The van der Waals surface area contributed by atoms with E-state index in [0.717, 1.165) is 50.7 Å². The first-order chi connectivity index (χ1) is 25.3. The van der Waals surface area contributed by atoms with Crippen molar-refractivity contribution >= 4 is 53.2 Å². The van der Waals surface area contributed by atoms with Gasteiger partial charge in [-0.1, -0.05) is 158 Å². The molecule has 0 unspecified atom stereocenters. The van der Waals surface area contributed by atoms with Gasteiger partial charge in [-0.15, -0.1) is 11.3 Å². The fourth-order valence-corrected chi connectivity index (χ4v) is 8.51. The van der Waals surface area contributed by atoms with Crippen molar-refractivity contribution in [3.05, 3.63) is 176 Å². The molecule has 0 bridgehead atoms. The largest absolute Gasteiger partial charge is 0.247 e. The van der Waals surface area contributed by atoms with E-state index in [2.05, 4.69) is 140 Å². The molecule has 4 heteroatoms. The zero-order valence-corrected chi connectivity index (χ0v) is 28.3. The van der Waals surface area contributed by atoms with E-state index in [1.807, 2.05) is 47.7 Å². The third-order valence-corrected chi connectivity index (χ3v) is 10.9. The Morgan fingerprint density at radius 2 is 0.961 bits per heavy atom. The van der Waals surface area contributed by atoms with Crippen LogP contribution in [0.2, 0.25) is 0 Å². The summed E-state index contributed by atoms with van der Waals surface area (Å²) in [5, 5.41) is 6.19. The summed E-state index contributed by atoms with van der Waals surface area (Å²) in [6.45, 7) is 0. The predicted molar refractivity (Wildman–Crippen MR) is 215 cm³/mol. The van der Waals surface area contributed by atoms with Crippen molar-refractivity contribution in [2.75, 3.05) is 0 Å². The highest BCUT2D eigenvalue weighted by Crippen LogP contribution is 2.46. The van der Waals surface area contributed by atoms with E-state index in [1.165, 1.54) is 47.5 Å². The average Bonchev–Trinajstić information content (AvgIpc) is 3.61. The topological polar surface area (TPSA) is 38.7 Å². The molecule has 3 aromatic heterocycles. The van der Waals surface area contributed by atoms with Gasteiger partial charge in [0.1, 0.15) is 0 Å². The zero-order chi connectivity index (χ0) is 33.7. The summed E-state index contributed by atoms with van der Waals surface area (Å²) < 4.78 is 2.56. The van der Waals surface area contributed by atoms with Gasteiger partial charge >= 0.3 is 0 Å². The summed E-state index contributed by atoms with van der Waals surface area (Å²) in [5.74, 6) is 0.719. The first kappa shape index (κ1) is 29.4. The van der Waals surface area contributed by atoms with Crippen LogP contribution >= 0.6 is 11.3 Å². The van der Waals surface area contributed by atoms with Gasteiger partial charge in [-0.3, -0.25) is 0 Å². The molecule has 0 radical (unpaired) electrons. The van der Waals surface area contributed by atoms with E-state index in [-0.39, 0.29) is 0 Å². The van der Waals surface area contributed by atoms with E-state index in [9.17, 15) is 0 Å². The molecular formula is C47H29N3S. The highest BCUT2D eigenvalue weighted by molar-refractivity contribution is 7.26. The number of hydrogen-bond donors (Lipinski definition) is 0. The molecule has 0 saturated carbocycles. The molecule has 10 aromatic rings. The van der Waals surface area contributed by atoms with Crippen molar-refractivity contribution in [2.45, 2.75) is 0 Å². The molecule has 0 spiro atoms. The second-order valence-electron chi connectivity index (χ2n) is 12.8. The van der Waals surface area contributed by atoms with Crippen LogP contribution in [0.25, 0.3) is 98.1 Å².